The number of anilines is 3. The van der Waals surface area contributed by atoms with Crippen molar-refractivity contribution >= 4 is 28.9 Å². The van der Waals surface area contributed by atoms with Gasteiger partial charge < -0.3 is 21.1 Å². The van der Waals surface area contributed by atoms with Crippen molar-refractivity contribution < 1.29 is 14.3 Å². The van der Waals surface area contributed by atoms with Crippen LogP contribution in [-0.2, 0) is 9.59 Å². The first-order valence-electron chi connectivity index (χ1n) is 6.18. The maximum absolute atomic E-state index is 11.8. The SMILES string of the molecule is CCC(C)C(=O)Nc1cc2c(cc1N)OCC(=O)N2. The standard InChI is InChI=1S/C13H17N3O3/c1-3-7(2)13(18)16-9-5-10-11(4-8(9)14)19-6-12(17)15-10/h4-5,7H,3,6,14H2,1-2H3,(H,15,17)(H,16,18). The van der Waals surface area contributed by atoms with Crippen molar-refractivity contribution in [3.63, 3.8) is 0 Å². The van der Waals surface area contributed by atoms with Crippen molar-refractivity contribution in [1.29, 1.82) is 0 Å². The van der Waals surface area contributed by atoms with Crippen LogP contribution < -0.4 is 21.1 Å². The Balaban J connectivity index is 2.24. The average molecular weight is 263 g/mol. The van der Waals surface area contributed by atoms with Crippen molar-refractivity contribution in [3.8, 4) is 5.75 Å². The van der Waals surface area contributed by atoms with Crippen molar-refractivity contribution in [1.82, 2.24) is 0 Å². The predicted octanol–water partition coefficient (Wildman–Crippen LogP) is 1.58. The molecule has 1 aliphatic rings. The number of amides is 2. The van der Waals surface area contributed by atoms with Crippen molar-refractivity contribution in [3.05, 3.63) is 12.1 Å². The molecule has 6 nitrogen and oxygen atoms in total. The molecule has 4 N–H and O–H groups in total. The topological polar surface area (TPSA) is 93.5 Å². The fourth-order valence-electron chi connectivity index (χ4n) is 1.69. The molecule has 0 aromatic heterocycles. The average Bonchev–Trinajstić information content (AvgIpc) is 2.39. The first-order valence-corrected chi connectivity index (χ1v) is 6.18. The van der Waals surface area contributed by atoms with Gasteiger partial charge in [-0.25, -0.2) is 0 Å². The van der Waals surface area contributed by atoms with Crippen LogP contribution in [0, 0.1) is 5.92 Å². The highest BCUT2D eigenvalue weighted by Gasteiger charge is 2.19. The molecule has 0 spiro atoms. The maximum atomic E-state index is 11.8. The summed E-state index contributed by atoms with van der Waals surface area (Å²) >= 11 is 0. The zero-order chi connectivity index (χ0) is 14.0. The minimum absolute atomic E-state index is 0.0228. The molecule has 1 heterocycles. The molecule has 1 aromatic rings. The fourth-order valence-corrected chi connectivity index (χ4v) is 1.69. The van der Waals surface area contributed by atoms with E-state index in [9.17, 15) is 9.59 Å². The highest BCUT2D eigenvalue weighted by Crippen LogP contribution is 2.35. The highest BCUT2D eigenvalue weighted by molar-refractivity contribution is 6.00. The Morgan fingerprint density at radius 1 is 1.58 bits per heavy atom. The Morgan fingerprint density at radius 2 is 2.32 bits per heavy atom. The number of nitrogens with two attached hydrogens (primary N) is 1. The third-order valence-electron chi connectivity index (χ3n) is 3.10. The van der Waals surface area contributed by atoms with Gasteiger partial charge in [0.05, 0.1) is 17.1 Å². The molecule has 0 aliphatic carbocycles. The number of benzene rings is 1. The van der Waals surface area contributed by atoms with Crippen molar-refractivity contribution in [2.75, 3.05) is 23.0 Å². The molecule has 19 heavy (non-hydrogen) atoms. The van der Waals surface area contributed by atoms with Crippen LogP contribution >= 0.6 is 0 Å². The largest absolute Gasteiger partial charge is 0.482 e. The van der Waals surface area contributed by atoms with Crippen LogP contribution in [0.1, 0.15) is 20.3 Å². The summed E-state index contributed by atoms with van der Waals surface area (Å²) in [6.45, 7) is 3.76. The number of hydrogen-bond acceptors (Lipinski definition) is 4. The lowest BCUT2D eigenvalue weighted by Gasteiger charge is -2.20. The molecule has 1 aromatic carbocycles. The summed E-state index contributed by atoms with van der Waals surface area (Å²) in [7, 11) is 0. The van der Waals surface area contributed by atoms with E-state index in [1.165, 1.54) is 0 Å². The second-order valence-electron chi connectivity index (χ2n) is 4.57. The number of rotatable bonds is 3. The Bertz CT molecular complexity index is 528. The number of carbonyl (C=O) groups excluding carboxylic acids is 2. The smallest absolute Gasteiger partial charge is 0.262 e. The maximum Gasteiger partial charge on any atom is 0.262 e. The lowest BCUT2D eigenvalue weighted by atomic mass is 10.1. The minimum Gasteiger partial charge on any atom is -0.482 e. The molecule has 102 valence electrons. The van der Waals surface area contributed by atoms with E-state index in [1.54, 1.807) is 12.1 Å². The summed E-state index contributed by atoms with van der Waals surface area (Å²) in [5, 5.41) is 5.43. The summed E-state index contributed by atoms with van der Waals surface area (Å²) in [5.41, 5.74) is 7.27. The quantitative estimate of drug-likeness (QED) is 0.722. The first-order chi connectivity index (χ1) is 9.01. The van der Waals surface area contributed by atoms with E-state index in [-0.39, 0.29) is 24.3 Å². The van der Waals surface area contributed by atoms with Gasteiger partial charge in [-0.15, -0.1) is 0 Å². The Morgan fingerprint density at radius 3 is 3.00 bits per heavy atom. The third-order valence-corrected chi connectivity index (χ3v) is 3.10. The normalized spacial score (nSPS) is 14.9. The molecule has 2 amide bonds. The molecule has 6 heteroatoms. The molecule has 0 fully saturated rings. The van der Waals surface area contributed by atoms with Crippen LogP contribution in [0.15, 0.2) is 12.1 Å². The molecule has 1 aliphatic heterocycles. The lowest BCUT2D eigenvalue weighted by Crippen LogP contribution is -2.26. The van der Waals surface area contributed by atoms with E-state index < -0.39 is 0 Å². The summed E-state index contributed by atoms with van der Waals surface area (Å²) in [4.78, 5) is 23.1. The number of carbonyl (C=O) groups is 2. The number of hydrogen-bond donors (Lipinski definition) is 3. The number of ether oxygens (including phenoxy) is 1. The minimum atomic E-state index is -0.225. The second-order valence-corrected chi connectivity index (χ2v) is 4.57. The summed E-state index contributed by atoms with van der Waals surface area (Å²) in [6.07, 6.45) is 0.747. The summed E-state index contributed by atoms with van der Waals surface area (Å²) in [5.74, 6) is 0.0913. The Labute approximate surface area is 111 Å². The van der Waals surface area contributed by atoms with Crippen molar-refractivity contribution in [2.45, 2.75) is 20.3 Å². The molecule has 2 rings (SSSR count). The van der Waals surface area contributed by atoms with E-state index in [0.717, 1.165) is 6.42 Å². The van der Waals surface area contributed by atoms with Crippen molar-refractivity contribution in [2.24, 2.45) is 5.92 Å². The van der Waals surface area contributed by atoms with Gasteiger partial charge in [-0.3, -0.25) is 9.59 Å². The van der Waals surface area contributed by atoms with E-state index in [2.05, 4.69) is 10.6 Å². The first kappa shape index (κ1) is 13.2. The van der Waals surface area contributed by atoms with Gasteiger partial charge in [0.15, 0.2) is 6.61 Å². The van der Waals surface area contributed by atoms with E-state index in [0.29, 0.717) is 22.8 Å². The van der Waals surface area contributed by atoms with Gasteiger partial charge in [0.2, 0.25) is 5.91 Å². The third kappa shape index (κ3) is 2.78. The van der Waals surface area contributed by atoms with Gasteiger partial charge in [-0.2, -0.15) is 0 Å². The van der Waals surface area contributed by atoms with Gasteiger partial charge in [0.1, 0.15) is 5.75 Å². The number of nitrogen functional groups attached to an aromatic ring is 1. The zero-order valence-corrected chi connectivity index (χ0v) is 10.9. The second kappa shape index (κ2) is 5.17. The van der Waals surface area contributed by atoms with E-state index in [1.807, 2.05) is 13.8 Å². The fraction of sp³-hybridized carbons (Fsp3) is 0.385. The molecule has 1 unspecified atom stereocenters. The van der Waals surface area contributed by atoms with Crippen LogP contribution in [0.2, 0.25) is 0 Å². The predicted molar refractivity (Wildman–Crippen MR) is 73.1 cm³/mol. The summed E-state index contributed by atoms with van der Waals surface area (Å²) < 4.78 is 5.24. The Kier molecular flexibility index (Phi) is 3.59. The van der Waals surface area contributed by atoms with E-state index in [4.69, 9.17) is 10.5 Å². The van der Waals surface area contributed by atoms with E-state index >= 15 is 0 Å². The molecule has 1 atom stereocenters. The molecular weight excluding hydrogens is 246 g/mol. The Hall–Kier alpha value is -2.24. The van der Waals surface area contributed by atoms with Crippen LogP contribution in [0.5, 0.6) is 5.75 Å². The monoisotopic (exact) mass is 263 g/mol. The lowest BCUT2D eigenvalue weighted by molar-refractivity contribution is -0.119. The van der Waals surface area contributed by atoms with Crippen LogP contribution in [0.3, 0.4) is 0 Å². The molecular formula is C13H17N3O3. The van der Waals surface area contributed by atoms with Gasteiger partial charge in [-0.05, 0) is 12.5 Å². The van der Waals surface area contributed by atoms with Gasteiger partial charge >= 0.3 is 0 Å². The van der Waals surface area contributed by atoms with Gasteiger partial charge in [0.25, 0.3) is 5.91 Å². The van der Waals surface area contributed by atoms with Crippen LogP contribution in [-0.4, -0.2) is 18.4 Å². The highest BCUT2D eigenvalue weighted by atomic mass is 16.5. The van der Waals surface area contributed by atoms with Crippen LogP contribution in [0.4, 0.5) is 17.1 Å². The number of nitrogens with one attached hydrogen (secondary N) is 2. The molecule has 0 bridgehead atoms. The molecule has 0 radical (unpaired) electrons. The zero-order valence-electron chi connectivity index (χ0n) is 10.9. The number of fused-ring (bicyclic) bond motifs is 1. The summed E-state index contributed by atoms with van der Waals surface area (Å²) in [6, 6.07) is 3.21. The molecule has 0 saturated heterocycles. The van der Waals surface area contributed by atoms with Gasteiger partial charge in [0, 0.05) is 12.0 Å². The molecule has 0 saturated carbocycles. The van der Waals surface area contributed by atoms with Gasteiger partial charge in [-0.1, -0.05) is 13.8 Å². The van der Waals surface area contributed by atoms with Crippen LogP contribution in [0.25, 0.3) is 0 Å².